The summed E-state index contributed by atoms with van der Waals surface area (Å²) in [5, 5.41) is 16.5. The van der Waals surface area contributed by atoms with Crippen molar-refractivity contribution in [3.63, 3.8) is 0 Å². The summed E-state index contributed by atoms with van der Waals surface area (Å²) in [7, 11) is 0. The van der Waals surface area contributed by atoms with E-state index in [9.17, 15) is 14.7 Å². The minimum Gasteiger partial charge on any atom is -0.391 e. The van der Waals surface area contributed by atoms with Crippen LogP contribution >= 0.6 is 11.3 Å². The zero-order chi connectivity index (χ0) is 20.5. The number of nitrogens with zero attached hydrogens (tertiary/aromatic N) is 1. The third kappa shape index (κ3) is 7.87. The van der Waals surface area contributed by atoms with E-state index < -0.39 is 17.9 Å². The normalized spacial score (nSPS) is 18.6. The molecule has 3 atom stereocenters. The van der Waals surface area contributed by atoms with Gasteiger partial charge in [-0.15, -0.1) is 11.3 Å². The fourth-order valence-electron chi connectivity index (χ4n) is 4.11. The molecule has 1 aliphatic rings. The van der Waals surface area contributed by atoms with Gasteiger partial charge in [0, 0.05) is 24.4 Å². The molecule has 2 rings (SSSR count). The molecule has 1 aromatic rings. The van der Waals surface area contributed by atoms with Crippen LogP contribution in [0.25, 0.3) is 0 Å². The van der Waals surface area contributed by atoms with Crippen LogP contribution in [0.4, 0.5) is 0 Å². The molecular weight excluding hydrogens is 374 g/mol. The number of carbonyl (C=O) groups excluding carboxylic acids is 2. The molecule has 0 aliphatic heterocycles. The number of thiazole rings is 1. The Morgan fingerprint density at radius 2 is 2.04 bits per heavy atom. The molecule has 0 spiro atoms. The lowest BCUT2D eigenvalue weighted by Crippen LogP contribution is -2.48. The minimum atomic E-state index is -0.583. The minimum absolute atomic E-state index is 0.0121. The second-order valence-electron chi connectivity index (χ2n) is 8.55. The Morgan fingerprint density at radius 3 is 2.61 bits per heavy atom. The average molecular weight is 410 g/mol. The topological polar surface area (TPSA) is 105 Å². The van der Waals surface area contributed by atoms with Gasteiger partial charge >= 0.3 is 0 Å². The summed E-state index contributed by atoms with van der Waals surface area (Å²) < 4.78 is 0. The highest BCUT2D eigenvalue weighted by Crippen LogP contribution is 2.29. The molecule has 7 heteroatoms. The number of aromatic nitrogens is 1. The molecule has 6 nitrogen and oxygen atoms in total. The molecule has 2 amide bonds. The lowest BCUT2D eigenvalue weighted by molar-refractivity contribution is -0.130. The molecule has 1 aromatic heterocycles. The summed E-state index contributed by atoms with van der Waals surface area (Å²) >= 11 is 1.47. The average Bonchev–Trinajstić information content (AvgIpc) is 3.13. The van der Waals surface area contributed by atoms with Crippen LogP contribution in [0, 0.1) is 17.8 Å². The van der Waals surface area contributed by atoms with Crippen LogP contribution in [0.15, 0.2) is 11.6 Å². The number of primary amides is 1. The van der Waals surface area contributed by atoms with E-state index in [1.165, 1.54) is 30.6 Å². The van der Waals surface area contributed by atoms with E-state index in [4.69, 9.17) is 5.73 Å². The zero-order valence-corrected chi connectivity index (χ0v) is 17.9. The number of hydrogen-bond donors (Lipinski definition) is 3. The Hall–Kier alpha value is -1.47. The molecular formula is C21H35N3O3S. The molecule has 0 radical (unpaired) electrons. The first kappa shape index (κ1) is 22.8. The summed E-state index contributed by atoms with van der Waals surface area (Å²) in [6, 6.07) is -0.287. The molecule has 4 N–H and O–H groups in total. The van der Waals surface area contributed by atoms with E-state index in [1.54, 1.807) is 6.20 Å². The van der Waals surface area contributed by atoms with Crippen molar-refractivity contribution in [2.24, 2.45) is 23.5 Å². The maximum absolute atomic E-state index is 13.0. The Labute approximate surface area is 172 Å². The van der Waals surface area contributed by atoms with Crippen LogP contribution in [0.2, 0.25) is 0 Å². The fourth-order valence-corrected chi connectivity index (χ4v) is 4.80. The maximum atomic E-state index is 13.0. The number of nitrogens with two attached hydrogens (primary N) is 1. The van der Waals surface area contributed by atoms with Gasteiger partial charge in [0.1, 0.15) is 0 Å². The van der Waals surface area contributed by atoms with Crippen LogP contribution in [-0.2, 0) is 16.0 Å². The van der Waals surface area contributed by atoms with Gasteiger partial charge in [-0.2, -0.15) is 0 Å². The van der Waals surface area contributed by atoms with E-state index in [0.29, 0.717) is 24.7 Å². The van der Waals surface area contributed by atoms with Gasteiger partial charge in [-0.1, -0.05) is 46.0 Å². The number of carbonyl (C=O) groups is 2. The first-order valence-corrected chi connectivity index (χ1v) is 11.4. The number of hydrogen-bond acceptors (Lipinski definition) is 5. The molecule has 1 saturated carbocycles. The lowest BCUT2D eigenvalue weighted by atomic mass is 9.82. The van der Waals surface area contributed by atoms with Crippen molar-refractivity contribution in [1.29, 1.82) is 0 Å². The standard InChI is InChI=1S/C21H35N3O3S/c1-14(2)10-18(25)17(11-15-6-4-3-5-7-15)24-21(27)16(12-19(22)26)13-20-23-8-9-28-20/h8-9,14-18,25H,3-7,10-13H2,1-2H3,(H2,22,26)(H,24,27)/t16-,17-,18-/m0/s1. The molecule has 0 unspecified atom stereocenters. The molecule has 0 aromatic carbocycles. The Balaban J connectivity index is 2.06. The Kier molecular flexibility index (Phi) is 9.38. The predicted molar refractivity (Wildman–Crippen MR) is 112 cm³/mol. The Morgan fingerprint density at radius 1 is 1.32 bits per heavy atom. The molecule has 0 bridgehead atoms. The summed E-state index contributed by atoms with van der Waals surface area (Å²) in [5.74, 6) is -0.378. The zero-order valence-electron chi connectivity index (χ0n) is 17.1. The molecule has 28 heavy (non-hydrogen) atoms. The maximum Gasteiger partial charge on any atom is 0.224 e. The predicted octanol–water partition coefficient (Wildman–Crippen LogP) is 3.04. The molecule has 0 saturated heterocycles. The van der Waals surface area contributed by atoms with Gasteiger partial charge in [0.25, 0.3) is 0 Å². The highest BCUT2D eigenvalue weighted by molar-refractivity contribution is 7.09. The van der Waals surface area contributed by atoms with Gasteiger partial charge < -0.3 is 16.2 Å². The van der Waals surface area contributed by atoms with Gasteiger partial charge in [-0.05, 0) is 24.7 Å². The van der Waals surface area contributed by atoms with Gasteiger partial charge in [-0.25, -0.2) is 4.98 Å². The van der Waals surface area contributed by atoms with E-state index >= 15 is 0 Å². The highest BCUT2D eigenvalue weighted by atomic mass is 32.1. The van der Waals surface area contributed by atoms with Crippen LogP contribution in [0.3, 0.4) is 0 Å². The van der Waals surface area contributed by atoms with E-state index in [0.717, 1.165) is 24.3 Å². The quantitative estimate of drug-likeness (QED) is 0.522. The van der Waals surface area contributed by atoms with Crippen molar-refractivity contribution in [3.8, 4) is 0 Å². The summed E-state index contributed by atoms with van der Waals surface area (Å²) in [5.41, 5.74) is 5.38. The van der Waals surface area contributed by atoms with Crippen molar-refractivity contribution in [2.75, 3.05) is 0 Å². The molecule has 158 valence electrons. The van der Waals surface area contributed by atoms with Crippen molar-refractivity contribution in [1.82, 2.24) is 10.3 Å². The fraction of sp³-hybridized carbons (Fsp3) is 0.762. The number of aliphatic hydroxyl groups is 1. The van der Waals surface area contributed by atoms with Crippen molar-refractivity contribution in [3.05, 3.63) is 16.6 Å². The van der Waals surface area contributed by atoms with Crippen LogP contribution in [0.5, 0.6) is 0 Å². The lowest BCUT2D eigenvalue weighted by Gasteiger charge is -2.32. The monoisotopic (exact) mass is 409 g/mol. The van der Waals surface area contributed by atoms with Gasteiger partial charge in [0.15, 0.2) is 0 Å². The van der Waals surface area contributed by atoms with Gasteiger partial charge in [0.05, 0.1) is 23.1 Å². The summed E-state index contributed by atoms with van der Waals surface area (Å²) in [6.45, 7) is 4.14. The van der Waals surface area contributed by atoms with Crippen LogP contribution in [0.1, 0.15) is 70.2 Å². The first-order chi connectivity index (χ1) is 13.3. The second-order valence-corrected chi connectivity index (χ2v) is 9.53. The van der Waals surface area contributed by atoms with Gasteiger partial charge in [0.2, 0.25) is 11.8 Å². The SMILES string of the molecule is CC(C)C[C@H](O)[C@H](CC1CCCCC1)NC(=O)[C@@H](CC(N)=O)Cc1nccs1. The van der Waals surface area contributed by atoms with Gasteiger partial charge in [-0.3, -0.25) is 9.59 Å². The molecule has 1 aliphatic carbocycles. The van der Waals surface area contributed by atoms with Crippen molar-refractivity contribution < 1.29 is 14.7 Å². The molecule has 1 fully saturated rings. The Bertz CT molecular complexity index is 600. The molecule has 1 heterocycles. The third-order valence-corrected chi connectivity index (χ3v) is 6.34. The number of amides is 2. The summed E-state index contributed by atoms with van der Waals surface area (Å²) in [4.78, 5) is 28.7. The second kappa shape index (κ2) is 11.5. The number of aliphatic hydroxyl groups excluding tert-OH is 1. The largest absolute Gasteiger partial charge is 0.391 e. The van der Waals surface area contributed by atoms with Crippen LogP contribution < -0.4 is 11.1 Å². The van der Waals surface area contributed by atoms with E-state index in [2.05, 4.69) is 24.1 Å². The number of nitrogens with one attached hydrogen (secondary N) is 1. The third-order valence-electron chi connectivity index (χ3n) is 5.54. The first-order valence-electron chi connectivity index (χ1n) is 10.5. The smallest absolute Gasteiger partial charge is 0.224 e. The number of rotatable bonds is 11. The van der Waals surface area contributed by atoms with E-state index in [1.807, 2.05) is 5.38 Å². The van der Waals surface area contributed by atoms with Crippen molar-refractivity contribution >= 4 is 23.2 Å². The van der Waals surface area contributed by atoms with E-state index in [-0.39, 0.29) is 18.4 Å². The van der Waals surface area contributed by atoms with Crippen molar-refractivity contribution in [2.45, 2.75) is 83.8 Å². The van der Waals surface area contributed by atoms with Crippen LogP contribution in [-0.4, -0.2) is 34.1 Å². The summed E-state index contributed by atoms with van der Waals surface area (Å²) in [6.07, 6.45) is 8.96. The highest BCUT2D eigenvalue weighted by Gasteiger charge is 2.30.